The van der Waals surface area contributed by atoms with Crippen LogP contribution >= 0.6 is 11.3 Å². The van der Waals surface area contributed by atoms with E-state index in [1.165, 1.54) is 15.9 Å². The Hall–Kier alpha value is -2.14. The minimum absolute atomic E-state index is 0.164. The van der Waals surface area contributed by atoms with E-state index < -0.39 is 0 Å². The highest BCUT2D eigenvalue weighted by Gasteiger charge is 2.29. The van der Waals surface area contributed by atoms with Gasteiger partial charge in [0.25, 0.3) is 5.56 Å². The molecule has 0 bridgehead atoms. The number of fused-ring (bicyclic) bond motifs is 1. The van der Waals surface area contributed by atoms with Gasteiger partial charge in [-0.3, -0.25) is 14.2 Å². The number of ketones is 1. The lowest BCUT2D eigenvalue weighted by Crippen LogP contribution is -2.31. The van der Waals surface area contributed by atoms with E-state index >= 15 is 0 Å². The minimum atomic E-state index is -0.181. The number of hydrogen-bond acceptors (Lipinski definition) is 4. The number of hydrogen-bond donors (Lipinski definition) is 0. The topological polar surface area (TPSA) is 48.3 Å². The zero-order chi connectivity index (χ0) is 13.6. The van der Waals surface area contributed by atoms with Crippen molar-refractivity contribution in [1.82, 2.24) is 4.57 Å². The average molecular weight is 273 g/mol. The Kier molecular flexibility index (Phi) is 2.64. The SMILES string of the molecule is C=c1s/c(=C2/Oc3ccccc3C2=O)n(CC)c1=O. The number of aromatic nitrogens is 1. The first kappa shape index (κ1) is 11.9. The van der Waals surface area contributed by atoms with Crippen molar-refractivity contribution in [1.29, 1.82) is 0 Å². The van der Waals surface area contributed by atoms with Crippen LogP contribution in [-0.2, 0) is 6.54 Å². The lowest BCUT2D eigenvalue weighted by Gasteiger charge is -1.99. The smallest absolute Gasteiger partial charge is 0.268 e. The van der Waals surface area contributed by atoms with Crippen molar-refractivity contribution >= 4 is 29.5 Å². The monoisotopic (exact) mass is 273 g/mol. The number of rotatable bonds is 1. The van der Waals surface area contributed by atoms with Crippen molar-refractivity contribution in [3.63, 3.8) is 0 Å². The van der Waals surface area contributed by atoms with Gasteiger partial charge in [0.1, 0.15) is 10.4 Å². The molecule has 0 atom stereocenters. The summed E-state index contributed by atoms with van der Waals surface area (Å²) in [6.45, 7) is 6.03. The summed E-state index contributed by atoms with van der Waals surface area (Å²) >= 11 is 1.19. The van der Waals surface area contributed by atoms with Crippen LogP contribution in [-0.4, -0.2) is 10.4 Å². The summed E-state index contributed by atoms with van der Waals surface area (Å²) in [5.41, 5.74) is 0.369. The van der Waals surface area contributed by atoms with Crippen molar-refractivity contribution in [2.24, 2.45) is 0 Å². The molecule has 1 aliphatic heterocycles. The summed E-state index contributed by atoms with van der Waals surface area (Å²) < 4.78 is 8.08. The number of para-hydroxylation sites is 1. The molecule has 5 heteroatoms. The summed E-state index contributed by atoms with van der Waals surface area (Å²) in [5.74, 6) is 0.579. The van der Waals surface area contributed by atoms with Crippen molar-refractivity contribution in [3.8, 4) is 5.75 Å². The third kappa shape index (κ3) is 1.66. The fourth-order valence-corrected chi connectivity index (χ4v) is 3.06. The van der Waals surface area contributed by atoms with Gasteiger partial charge in [-0.25, -0.2) is 0 Å². The van der Waals surface area contributed by atoms with Crippen molar-refractivity contribution in [2.45, 2.75) is 13.5 Å². The maximum Gasteiger partial charge on any atom is 0.268 e. The molecule has 0 N–H and O–H groups in total. The Morgan fingerprint density at radius 3 is 2.74 bits per heavy atom. The van der Waals surface area contributed by atoms with Gasteiger partial charge >= 0.3 is 0 Å². The van der Waals surface area contributed by atoms with E-state index in [1.54, 1.807) is 18.2 Å². The largest absolute Gasteiger partial charge is 0.449 e. The molecule has 3 rings (SSSR count). The van der Waals surface area contributed by atoms with Crippen LogP contribution in [0.5, 0.6) is 5.75 Å². The molecular formula is C14H11NO3S. The molecule has 2 heterocycles. The van der Waals surface area contributed by atoms with Crippen LogP contribution in [0.2, 0.25) is 0 Å². The molecule has 4 nitrogen and oxygen atoms in total. The molecule has 19 heavy (non-hydrogen) atoms. The Morgan fingerprint density at radius 2 is 2.05 bits per heavy atom. The second kappa shape index (κ2) is 4.20. The molecule has 0 unspecified atom stereocenters. The molecule has 1 aromatic heterocycles. The summed E-state index contributed by atoms with van der Waals surface area (Å²) in [6.07, 6.45) is 0. The molecule has 0 radical (unpaired) electrons. The van der Waals surface area contributed by atoms with Crippen LogP contribution < -0.4 is 19.5 Å². The Labute approximate surface area is 112 Å². The van der Waals surface area contributed by atoms with E-state index in [1.807, 2.05) is 13.0 Å². The van der Waals surface area contributed by atoms with Gasteiger partial charge in [0.2, 0.25) is 11.5 Å². The molecule has 0 saturated carbocycles. The summed E-state index contributed by atoms with van der Waals surface area (Å²) in [4.78, 5) is 24.2. The standard InChI is InChI=1S/C14H11NO3S/c1-3-15-13(17)8(2)19-14(15)12-11(16)9-6-4-5-7-10(9)18-12/h4-7H,2-3H2,1H3/b14-12+. The molecule has 0 spiro atoms. The lowest BCUT2D eigenvalue weighted by atomic mass is 10.1. The van der Waals surface area contributed by atoms with Gasteiger partial charge < -0.3 is 4.74 Å². The predicted molar refractivity (Wildman–Crippen MR) is 73.8 cm³/mol. The van der Waals surface area contributed by atoms with Crippen molar-refractivity contribution in [2.75, 3.05) is 0 Å². The van der Waals surface area contributed by atoms with E-state index in [-0.39, 0.29) is 17.1 Å². The maximum atomic E-state index is 12.3. The Morgan fingerprint density at radius 1 is 1.32 bits per heavy atom. The highest BCUT2D eigenvalue weighted by Crippen LogP contribution is 2.30. The lowest BCUT2D eigenvalue weighted by molar-refractivity contribution is 0.104. The quantitative estimate of drug-likeness (QED) is 0.769. The molecule has 1 aliphatic rings. The van der Waals surface area contributed by atoms with E-state index in [2.05, 4.69) is 6.58 Å². The molecular weight excluding hydrogens is 262 g/mol. The predicted octanol–water partition coefficient (Wildman–Crippen LogP) is 0.723. The van der Waals surface area contributed by atoms with Crippen molar-refractivity contribution < 1.29 is 9.53 Å². The number of nitrogens with zero attached hydrogens (tertiary/aromatic N) is 1. The van der Waals surface area contributed by atoms with Gasteiger partial charge in [0.15, 0.2) is 0 Å². The fourth-order valence-electron chi connectivity index (χ4n) is 2.08. The van der Waals surface area contributed by atoms with Gasteiger partial charge in [-0.05, 0) is 19.1 Å². The van der Waals surface area contributed by atoms with Crippen molar-refractivity contribution in [3.05, 3.63) is 49.4 Å². The highest BCUT2D eigenvalue weighted by molar-refractivity contribution is 7.07. The first-order valence-corrected chi connectivity index (χ1v) is 6.69. The zero-order valence-electron chi connectivity index (χ0n) is 10.3. The molecule has 0 amide bonds. The van der Waals surface area contributed by atoms with E-state index in [4.69, 9.17) is 4.74 Å². The maximum absolute atomic E-state index is 12.3. The van der Waals surface area contributed by atoms with Gasteiger partial charge in [0.05, 0.1) is 10.1 Å². The first-order valence-electron chi connectivity index (χ1n) is 5.88. The van der Waals surface area contributed by atoms with Gasteiger partial charge in [-0.2, -0.15) is 0 Å². The van der Waals surface area contributed by atoms with E-state index in [0.717, 1.165) is 0 Å². The van der Waals surface area contributed by atoms with E-state index in [9.17, 15) is 9.59 Å². The third-order valence-corrected chi connectivity index (χ3v) is 4.03. The number of Topliss-reactive ketones (excluding diaryl/α,β-unsaturated/α-hetero) is 1. The molecule has 0 fully saturated rings. The average Bonchev–Trinajstić information content (AvgIpc) is 2.89. The summed E-state index contributed by atoms with van der Waals surface area (Å²) in [5, 5.41) is 0. The Balaban J connectivity index is 2.34. The summed E-state index contributed by atoms with van der Waals surface area (Å²) in [6, 6.07) is 7.06. The van der Waals surface area contributed by atoms with Crippen LogP contribution in [0, 0.1) is 0 Å². The third-order valence-electron chi connectivity index (χ3n) is 3.01. The molecule has 0 aliphatic carbocycles. The van der Waals surface area contributed by atoms with Crippen LogP contribution in [0.15, 0.2) is 29.1 Å². The van der Waals surface area contributed by atoms with Crippen LogP contribution in [0.3, 0.4) is 0 Å². The normalized spacial score (nSPS) is 16.4. The Bertz CT molecular complexity index is 844. The van der Waals surface area contributed by atoms with Crippen LogP contribution in [0.25, 0.3) is 12.3 Å². The van der Waals surface area contributed by atoms with Gasteiger partial charge in [-0.15, -0.1) is 11.3 Å². The molecule has 1 aromatic carbocycles. The van der Waals surface area contributed by atoms with Gasteiger partial charge in [-0.1, -0.05) is 18.7 Å². The number of benzene rings is 1. The van der Waals surface area contributed by atoms with Gasteiger partial charge in [0, 0.05) is 6.54 Å². The molecule has 0 saturated heterocycles. The number of ether oxygens (including phenoxy) is 1. The second-order valence-corrected chi connectivity index (χ2v) is 5.22. The number of thiazole rings is 1. The van der Waals surface area contributed by atoms with Crippen LogP contribution in [0.1, 0.15) is 17.3 Å². The zero-order valence-corrected chi connectivity index (χ0v) is 11.1. The molecule has 2 aromatic rings. The number of carbonyl (C=O) groups is 1. The minimum Gasteiger partial charge on any atom is -0.449 e. The summed E-state index contributed by atoms with van der Waals surface area (Å²) in [7, 11) is 0. The van der Waals surface area contributed by atoms with Crippen LogP contribution in [0.4, 0.5) is 0 Å². The highest BCUT2D eigenvalue weighted by atomic mass is 32.1. The first-order chi connectivity index (χ1) is 9.13. The number of carbonyl (C=O) groups excluding carboxylic acids is 1. The molecule has 96 valence electrons. The second-order valence-electron chi connectivity index (χ2n) is 4.14. The fraction of sp³-hybridized carbons (Fsp3) is 0.143. The van der Waals surface area contributed by atoms with E-state index in [0.29, 0.717) is 27.1 Å².